The van der Waals surface area contributed by atoms with Crippen LogP contribution < -0.4 is 11.5 Å². The number of hydrogen-bond donors (Lipinski definition) is 2. The van der Waals surface area contributed by atoms with Crippen molar-refractivity contribution in [1.82, 2.24) is 0 Å². The SMILES string of the molecule is NC(=O)CC1(N)CC[C@@H]2CC[C@@H]21. The molecule has 3 atom stereocenters. The zero-order valence-electron chi connectivity index (χ0n) is 7.25. The van der Waals surface area contributed by atoms with Crippen molar-refractivity contribution in [3.05, 3.63) is 0 Å². The molecule has 2 rings (SSSR count). The van der Waals surface area contributed by atoms with Gasteiger partial charge in [-0.3, -0.25) is 4.79 Å². The van der Waals surface area contributed by atoms with Crippen LogP contribution >= 0.6 is 0 Å². The highest BCUT2D eigenvalue weighted by molar-refractivity contribution is 5.75. The summed E-state index contributed by atoms with van der Waals surface area (Å²) in [6.07, 6.45) is 5.09. The van der Waals surface area contributed by atoms with E-state index < -0.39 is 0 Å². The molecule has 2 aliphatic rings. The third-order valence-electron chi connectivity index (χ3n) is 3.64. The number of rotatable bonds is 2. The van der Waals surface area contributed by atoms with Crippen molar-refractivity contribution in [2.75, 3.05) is 0 Å². The zero-order chi connectivity index (χ0) is 8.77. The molecule has 0 spiro atoms. The fraction of sp³-hybridized carbons (Fsp3) is 0.889. The van der Waals surface area contributed by atoms with Crippen LogP contribution in [0.25, 0.3) is 0 Å². The molecule has 4 N–H and O–H groups in total. The van der Waals surface area contributed by atoms with E-state index in [0.29, 0.717) is 12.3 Å². The predicted octanol–water partition coefficient (Wildman–Crippen LogP) is 0.379. The Morgan fingerprint density at radius 2 is 2.17 bits per heavy atom. The van der Waals surface area contributed by atoms with Crippen LogP contribution in [-0.2, 0) is 4.79 Å². The molecule has 0 aromatic rings. The van der Waals surface area contributed by atoms with E-state index >= 15 is 0 Å². The summed E-state index contributed by atoms with van der Waals surface area (Å²) in [6.45, 7) is 0. The largest absolute Gasteiger partial charge is 0.370 e. The average Bonchev–Trinajstić information content (AvgIpc) is 1.99. The molecule has 1 unspecified atom stereocenters. The summed E-state index contributed by atoms with van der Waals surface area (Å²) >= 11 is 0. The summed E-state index contributed by atoms with van der Waals surface area (Å²) in [4.78, 5) is 10.8. The molecular weight excluding hydrogens is 152 g/mol. The first-order valence-corrected chi connectivity index (χ1v) is 4.69. The number of primary amides is 1. The average molecular weight is 168 g/mol. The van der Waals surface area contributed by atoms with E-state index in [1.807, 2.05) is 0 Å². The van der Waals surface area contributed by atoms with Crippen LogP contribution in [0.1, 0.15) is 32.1 Å². The van der Waals surface area contributed by atoms with Crippen LogP contribution in [-0.4, -0.2) is 11.4 Å². The van der Waals surface area contributed by atoms with Gasteiger partial charge in [0.1, 0.15) is 0 Å². The minimum atomic E-state index is -0.245. The van der Waals surface area contributed by atoms with Gasteiger partial charge in [-0.2, -0.15) is 0 Å². The van der Waals surface area contributed by atoms with E-state index in [0.717, 1.165) is 12.3 Å². The third kappa shape index (κ3) is 1.04. The van der Waals surface area contributed by atoms with Crippen molar-refractivity contribution in [3.8, 4) is 0 Å². The summed E-state index contributed by atoms with van der Waals surface area (Å²) < 4.78 is 0. The smallest absolute Gasteiger partial charge is 0.219 e. The Bertz CT molecular complexity index is 217. The van der Waals surface area contributed by atoms with Crippen molar-refractivity contribution >= 4 is 5.91 Å². The van der Waals surface area contributed by atoms with Crippen LogP contribution in [0.3, 0.4) is 0 Å². The van der Waals surface area contributed by atoms with Gasteiger partial charge in [0.2, 0.25) is 5.91 Å². The van der Waals surface area contributed by atoms with Gasteiger partial charge in [-0.05, 0) is 37.5 Å². The summed E-state index contributed by atoms with van der Waals surface area (Å²) in [5, 5.41) is 0. The molecule has 0 bridgehead atoms. The first-order valence-electron chi connectivity index (χ1n) is 4.69. The summed E-state index contributed by atoms with van der Waals surface area (Å²) in [6, 6.07) is 0. The lowest BCUT2D eigenvalue weighted by atomic mass is 9.68. The first-order chi connectivity index (χ1) is 5.62. The Morgan fingerprint density at radius 1 is 1.42 bits per heavy atom. The van der Waals surface area contributed by atoms with Crippen molar-refractivity contribution in [3.63, 3.8) is 0 Å². The molecule has 0 aromatic heterocycles. The highest BCUT2D eigenvalue weighted by Crippen LogP contribution is 2.52. The van der Waals surface area contributed by atoms with Crippen molar-refractivity contribution in [2.24, 2.45) is 23.3 Å². The molecule has 3 heteroatoms. The Hall–Kier alpha value is -0.570. The Balaban J connectivity index is 2.05. The molecule has 3 nitrogen and oxygen atoms in total. The first kappa shape index (κ1) is 8.05. The molecule has 0 heterocycles. The van der Waals surface area contributed by atoms with E-state index in [2.05, 4.69) is 0 Å². The summed E-state index contributed by atoms with van der Waals surface area (Å²) in [7, 11) is 0. The van der Waals surface area contributed by atoms with Gasteiger partial charge in [-0.1, -0.05) is 0 Å². The zero-order valence-corrected chi connectivity index (χ0v) is 7.25. The van der Waals surface area contributed by atoms with Gasteiger partial charge in [0, 0.05) is 12.0 Å². The maximum atomic E-state index is 10.8. The van der Waals surface area contributed by atoms with Crippen LogP contribution in [0.4, 0.5) is 0 Å². The molecule has 0 aliphatic heterocycles. The number of hydrogen-bond acceptors (Lipinski definition) is 2. The Kier molecular flexibility index (Phi) is 1.65. The lowest BCUT2D eigenvalue weighted by molar-refractivity contribution is -0.119. The second-order valence-corrected chi connectivity index (χ2v) is 4.36. The normalized spacial score (nSPS) is 45.1. The molecular formula is C9H16N2O. The van der Waals surface area contributed by atoms with Gasteiger partial charge in [-0.15, -0.1) is 0 Å². The van der Waals surface area contributed by atoms with Gasteiger partial charge in [0.05, 0.1) is 0 Å². The van der Waals surface area contributed by atoms with Crippen molar-refractivity contribution < 1.29 is 4.79 Å². The standard InChI is InChI=1S/C9H16N2O/c10-8(12)5-9(11)4-3-6-1-2-7(6)9/h6-7H,1-5,11H2,(H2,10,12)/t6-,7-,9?/m0/s1. The molecule has 1 amide bonds. The lowest BCUT2D eigenvalue weighted by Crippen LogP contribution is -2.50. The summed E-state index contributed by atoms with van der Waals surface area (Å²) in [5.74, 6) is 1.14. The fourth-order valence-corrected chi connectivity index (χ4v) is 2.85. The number of nitrogens with two attached hydrogens (primary N) is 2. The van der Waals surface area contributed by atoms with Crippen LogP contribution in [0.5, 0.6) is 0 Å². The van der Waals surface area contributed by atoms with Gasteiger partial charge in [0.15, 0.2) is 0 Å². The fourth-order valence-electron chi connectivity index (χ4n) is 2.85. The van der Waals surface area contributed by atoms with E-state index in [1.54, 1.807) is 0 Å². The molecule has 12 heavy (non-hydrogen) atoms. The maximum Gasteiger partial charge on any atom is 0.219 e. The minimum Gasteiger partial charge on any atom is -0.370 e. The van der Waals surface area contributed by atoms with Crippen LogP contribution in [0, 0.1) is 11.8 Å². The highest BCUT2D eigenvalue weighted by Gasteiger charge is 2.50. The lowest BCUT2D eigenvalue weighted by Gasteiger charge is -2.40. The second kappa shape index (κ2) is 2.46. The molecule has 2 aliphatic carbocycles. The van der Waals surface area contributed by atoms with Crippen molar-refractivity contribution in [2.45, 2.75) is 37.6 Å². The maximum absolute atomic E-state index is 10.8. The number of carbonyl (C=O) groups is 1. The summed E-state index contributed by atoms with van der Waals surface area (Å²) in [5.41, 5.74) is 11.1. The third-order valence-corrected chi connectivity index (χ3v) is 3.64. The molecule has 0 saturated heterocycles. The Morgan fingerprint density at radius 3 is 2.58 bits per heavy atom. The van der Waals surface area contributed by atoms with E-state index in [1.165, 1.54) is 19.3 Å². The molecule has 0 aromatic carbocycles. The van der Waals surface area contributed by atoms with E-state index in [-0.39, 0.29) is 11.4 Å². The van der Waals surface area contributed by atoms with Gasteiger partial charge < -0.3 is 11.5 Å². The number of amides is 1. The minimum absolute atomic E-state index is 0.241. The van der Waals surface area contributed by atoms with E-state index in [9.17, 15) is 4.79 Å². The van der Waals surface area contributed by atoms with Gasteiger partial charge >= 0.3 is 0 Å². The van der Waals surface area contributed by atoms with E-state index in [4.69, 9.17) is 11.5 Å². The Labute approximate surface area is 72.5 Å². The monoisotopic (exact) mass is 168 g/mol. The second-order valence-electron chi connectivity index (χ2n) is 4.36. The predicted molar refractivity (Wildman–Crippen MR) is 46.2 cm³/mol. The van der Waals surface area contributed by atoms with Gasteiger partial charge in [-0.25, -0.2) is 0 Å². The highest BCUT2D eigenvalue weighted by atomic mass is 16.1. The quantitative estimate of drug-likeness (QED) is 0.625. The molecule has 2 saturated carbocycles. The topological polar surface area (TPSA) is 69.1 Å². The van der Waals surface area contributed by atoms with Gasteiger partial charge in [0.25, 0.3) is 0 Å². The molecule has 2 fully saturated rings. The molecule has 68 valence electrons. The number of fused-ring (bicyclic) bond motifs is 1. The number of carbonyl (C=O) groups excluding carboxylic acids is 1. The van der Waals surface area contributed by atoms with Crippen molar-refractivity contribution in [1.29, 1.82) is 0 Å². The molecule has 0 radical (unpaired) electrons. The van der Waals surface area contributed by atoms with Crippen LogP contribution in [0.15, 0.2) is 0 Å². The van der Waals surface area contributed by atoms with Crippen LogP contribution in [0.2, 0.25) is 0 Å².